The second kappa shape index (κ2) is 5.02. The van der Waals surface area contributed by atoms with Crippen LogP contribution >= 0.6 is 45.2 Å². The van der Waals surface area contributed by atoms with Crippen molar-refractivity contribution in [1.82, 2.24) is 0 Å². The molecule has 0 saturated heterocycles. The Morgan fingerprint density at radius 3 is 1.58 bits per heavy atom. The molecular weight excluding hydrogens is 458 g/mol. The van der Waals surface area contributed by atoms with E-state index >= 15 is 0 Å². The van der Waals surface area contributed by atoms with Gasteiger partial charge in [-0.2, -0.15) is 0 Å². The number of fused-ring (bicyclic) bond motifs is 3. The first-order chi connectivity index (χ1) is 9.07. The SMILES string of the molecule is CC1(C)c2cc(CI)ccc2-c2ccc(CI)cc21. The van der Waals surface area contributed by atoms with Crippen molar-refractivity contribution in [2.24, 2.45) is 0 Å². The van der Waals surface area contributed by atoms with Crippen LogP contribution < -0.4 is 0 Å². The van der Waals surface area contributed by atoms with Gasteiger partial charge in [0.05, 0.1) is 0 Å². The zero-order valence-corrected chi connectivity index (χ0v) is 15.4. The summed E-state index contributed by atoms with van der Waals surface area (Å²) in [6.07, 6.45) is 0. The Hall–Kier alpha value is -0.100. The van der Waals surface area contributed by atoms with E-state index in [4.69, 9.17) is 0 Å². The van der Waals surface area contributed by atoms with Gasteiger partial charge in [-0.25, -0.2) is 0 Å². The highest BCUT2D eigenvalue weighted by Gasteiger charge is 2.35. The van der Waals surface area contributed by atoms with Gasteiger partial charge in [-0.15, -0.1) is 0 Å². The van der Waals surface area contributed by atoms with Crippen LogP contribution in [0.15, 0.2) is 36.4 Å². The summed E-state index contributed by atoms with van der Waals surface area (Å²) in [4.78, 5) is 0. The first-order valence-electron chi connectivity index (χ1n) is 6.47. The molecule has 2 heteroatoms. The number of hydrogen-bond acceptors (Lipinski definition) is 0. The Labute approximate surface area is 142 Å². The monoisotopic (exact) mass is 474 g/mol. The fourth-order valence-electron chi connectivity index (χ4n) is 3.00. The molecule has 0 saturated carbocycles. The fourth-order valence-corrected chi connectivity index (χ4v) is 3.95. The zero-order chi connectivity index (χ0) is 13.6. The minimum absolute atomic E-state index is 0.133. The van der Waals surface area contributed by atoms with E-state index in [-0.39, 0.29) is 5.41 Å². The predicted octanol–water partition coefficient (Wildman–Crippen LogP) is 5.86. The molecule has 0 nitrogen and oxygen atoms in total. The van der Waals surface area contributed by atoms with E-state index < -0.39 is 0 Å². The molecule has 0 fully saturated rings. The van der Waals surface area contributed by atoms with E-state index in [1.165, 1.54) is 33.4 Å². The lowest BCUT2D eigenvalue weighted by atomic mass is 9.81. The van der Waals surface area contributed by atoms with Crippen molar-refractivity contribution < 1.29 is 0 Å². The predicted molar refractivity (Wildman–Crippen MR) is 99.5 cm³/mol. The van der Waals surface area contributed by atoms with Crippen molar-refractivity contribution in [2.75, 3.05) is 0 Å². The van der Waals surface area contributed by atoms with Crippen LogP contribution in [0.5, 0.6) is 0 Å². The van der Waals surface area contributed by atoms with Crippen molar-refractivity contribution in [3.63, 3.8) is 0 Å². The molecule has 1 aliphatic carbocycles. The highest BCUT2D eigenvalue weighted by Crippen LogP contribution is 2.49. The molecule has 1 aliphatic rings. The van der Waals surface area contributed by atoms with Gasteiger partial charge >= 0.3 is 0 Å². The third-order valence-electron chi connectivity index (χ3n) is 4.11. The zero-order valence-electron chi connectivity index (χ0n) is 11.1. The Bertz CT molecular complexity index is 586. The first kappa shape index (κ1) is 13.9. The molecule has 0 N–H and O–H groups in total. The molecule has 19 heavy (non-hydrogen) atoms. The van der Waals surface area contributed by atoms with Crippen molar-refractivity contribution in [3.05, 3.63) is 58.7 Å². The Morgan fingerprint density at radius 1 is 0.789 bits per heavy atom. The van der Waals surface area contributed by atoms with E-state index in [2.05, 4.69) is 95.4 Å². The first-order valence-corrected chi connectivity index (χ1v) is 9.52. The minimum Gasteiger partial charge on any atom is -0.0812 e. The normalized spacial score (nSPS) is 15.2. The average Bonchev–Trinajstić information content (AvgIpc) is 2.67. The lowest BCUT2D eigenvalue weighted by molar-refractivity contribution is 0.659. The van der Waals surface area contributed by atoms with Gasteiger partial charge in [0.2, 0.25) is 0 Å². The quantitative estimate of drug-likeness (QED) is 0.378. The average molecular weight is 474 g/mol. The van der Waals surface area contributed by atoms with Gasteiger partial charge in [0, 0.05) is 14.3 Å². The fraction of sp³-hybridized carbons (Fsp3) is 0.294. The van der Waals surface area contributed by atoms with Crippen LogP contribution in [-0.4, -0.2) is 0 Å². The second-order valence-electron chi connectivity index (χ2n) is 5.65. The summed E-state index contributed by atoms with van der Waals surface area (Å²) in [5, 5.41) is 0. The molecule has 0 aliphatic heterocycles. The maximum Gasteiger partial charge on any atom is 0.0247 e. The van der Waals surface area contributed by atoms with Gasteiger partial charge in [-0.1, -0.05) is 95.4 Å². The Balaban J connectivity index is 2.26. The molecule has 0 bridgehead atoms. The second-order valence-corrected chi connectivity index (χ2v) is 7.18. The van der Waals surface area contributed by atoms with Gasteiger partial charge in [0.25, 0.3) is 0 Å². The summed E-state index contributed by atoms with van der Waals surface area (Å²) in [5.74, 6) is 0. The van der Waals surface area contributed by atoms with E-state index in [9.17, 15) is 0 Å². The van der Waals surface area contributed by atoms with Gasteiger partial charge in [0.1, 0.15) is 0 Å². The highest BCUT2D eigenvalue weighted by atomic mass is 127. The summed E-state index contributed by atoms with van der Waals surface area (Å²) >= 11 is 4.88. The maximum atomic E-state index is 2.44. The molecular formula is C17H16I2. The molecule has 0 radical (unpaired) electrons. The largest absolute Gasteiger partial charge is 0.0812 e. The van der Waals surface area contributed by atoms with Crippen molar-refractivity contribution in [2.45, 2.75) is 28.1 Å². The van der Waals surface area contributed by atoms with Crippen LogP contribution in [0.1, 0.15) is 36.1 Å². The van der Waals surface area contributed by atoms with E-state index in [0.717, 1.165) is 8.86 Å². The number of benzene rings is 2. The molecule has 0 amide bonds. The topological polar surface area (TPSA) is 0 Å². The summed E-state index contributed by atoms with van der Waals surface area (Å²) in [5.41, 5.74) is 8.81. The minimum atomic E-state index is 0.133. The van der Waals surface area contributed by atoms with E-state index in [1.807, 2.05) is 0 Å². The third kappa shape index (κ3) is 2.15. The van der Waals surface area contributed by atoms with Crippen LogP contribution in [0.25, 0.3) is 11.1 Å². The van der Waals surface area contributed by atoms with Gasteiger partial charge in [-0.05, 0) is 33.4 Å². The summed E-state index contributed by atoms with van der Waals surface area (Å²) in [6, 6.07) is 13.9. The smallest absolute Gasteiger partial charge is 0.0247 e. The number of rotatable bonds is 2. The summed E-state index contributed by atoms with van der Waals surface area (Å²) in [6.45, 7) is 4.71. The van der Waals surface area contributed by atoms with Crippen LogP contribution in [0.3, 0.4) is 0 Å². The van der Waals surface area contributed by atoms with Crippen LogP contribution in [0.4, 0.5) is 0 Å². The van der Waals surface area contributed by atoms with E-state index in [0.29, 0.717) is 0 Å². The molecule has 2 aromatic carbocycles. The lowest BCUT2D eigenvalue weighted by Crippen LogP contribution is -2.15. The molecule has 2 aromatic rings. The lowest BCUT2D eigenvalue weighted by Gasteiger charge is -2.22. The van der Waals surface area contributed by atoms with Gasteiger partial charge < -0.3 is 0 Å². The number of hydrogen-bond donors (Lipinski definition) is 0. The molecule has 0 heterocycles. The Morgan fingerprint density at radius 2 is 1.21 bits per heavy atom. The van der Waals surface area contributed by atoms with Gasteiger partial charge in [0.15, 0.2) is 0 Å². The van der Waals surface area contributed by atoms with Crippen molar-refractivity contribution in [3.8, 4) is 11.1 Å². The maximum absolute atomic E-state index is 2.44. The summed E-state index contributed by atoms with van der Waals surface area (Å²) in [7, 11) is 0. The molecule has 98 valence electrons. The summed E-state index contributed by atoms with van der Waals surface area (Å²) < 4.78 is 2.16. The van der Waals surface area contributed by atoms with Gasteiger partial charge in [-0.3, -0.25) is 0 Å². The van der Waals surface area contributed by atoms with Crippen LogP contribution in [-0.2, 0) is 14.3 Å². The molecule has 0 unspecified atom stereocenters. The van der Waals surface area contributed by atoms with Crippen molar-refractivity contribution >= 4 is 45.2 Å². The third-order valence-corrected chi connectivity index (χ3v) is 5.88. The molecule has 0 aromatic heterocycles. The number of halogens is 2. The Kier molecular flexibility index (Phi) is 3.67. The molecule has 0 spiro atoms. The van der Waals surface area contributed by atoms with Crippen LogP contribution in [0.2, 0.25) is 0 Å². The molecule has 3 rings (SSSR count). The molecule has 0 atom stereocenters. The van der Waals surface area contributed by atoms with E-state index in [1.54, 1.807) is 0 Å². The number of alkyl halides is 2. The van der Waals surface area contributed by atoms with Crippen molar-refractivity contribution in [1.29, 1.82) is 0 Å². The highest BCUT2D eigenvalue weighted by molar-refractivity contribution is 14.1. The van der Waals surface area contributed by atoms with Crippen LogP contribution in [0, 0.1) is 0 Å². The standard InChI is InChI=1S/C17H16I2/c1-17(2)15-7-11(9-18)3-5-13(15)14-6-4-12(10-19)8-16(14)17/h3-8H,9-10H2,1-2H3.